The van der Waals surface area contributed by atoms with E-state index in [1.54, 1.807) is 6.92 Å². The third kappa shape index (κ3) is 3.21. The Hall–Kier alpha value is -2.51. The normalized spacial score (nSPS) is 13.6. The van der Waals surface area contributed by atoms with Crippen molar-refractivity contribution < 1.29 is 24.3 Å². The van der Waals surface area contributed by atoms with Gasteiger partial charge in [0.15, 0.2) is 17.3 Å². The lowest BCUT2D eigenvalue weighted by atomic mass is 9.94. The number of carboxylic acid groups (broad SMARTS) is 1. The standard InChI is InChI=1S/C14H17N3O5/c1-2-8(18)6-15-11(20)7-17-13-9(4-3-5-10(13)19)12(16-17)14(21)22/h2-7H2,1H3,(H,15,20)(H,21,22). The van der Waals surface area contributed by atoms with Crippen LogP contribution in [0.4, 0.5) is 0 Å². The second kappa shape index (κ2) is 6.50. The van der Waals surface area contributed by atoms with Crippen LogP contribution in [-0.4, -0.2) is 44.9 Å². The van der Waals surface area contributed by atoms with Gasteiger partial charge in [-0.1, -0.05) is 6.92 Å². The summed E-state index contributed by atoms with van der Waals surface area (Å²) >= 11 is 0. The highest BCUT2D eigenvalue weighted by Gasteiger charge is 2.30. The average molecular weight is 307 g/mol. The van der Waals surface area contributed by atoms with E-state index >= 15 is 0 Å². The monoisotopic (exact) mass is 307 g/mol. The summed E-state index contributed by atoms with van der Waals surface area (Å²) in [6.45, 7) is 1.33. The van der Waals surface area contributed by atoms with Crippen LogP contribution in [0.1, 0.15) is 52.7 Å². The first-order valence-electron chi connectivity index (χ1n) is 7.08. The summed E-state index contributed by atoms with van der Waals surface area (Å²) in [6.07, 6.45) is 1.67. The zero-order valence-corrected chi connectivity index (χ0v) is 12.2. The first-order valence-corrected chi connectivity index (χ1v) is 7.08. The maximum Gasteiger partial charge on any atom is 0.356 e. The zero-order chi connectivity index (χ0) is 16.3. The molecule has 0 spiro atoms. The number of aromatic nitrogens is 2. The number of carboxylic acids is 1. The van der Waals surface area contributed by atoms with Crippen LogP contribution in [0.3, 0.4) is 0 Å². The van der Waals surface area contributed by atoms with Gasteiger partial charge in [0, 0.05) is 18.4 Å². The molecule has 118 valence electrons. The average Bonchev–Trinajstić information content (AvgIpc) is 2.85. The Labute approximate surface area is 126 Å². The van der Waals surface area contributed by atoms with Gasteiger partial charge in [-0.05, 0) is 12.8 Å². The van der Waals surface area contributed by atoms with Gasteiger partial charge >= 0.3 is 5.97 Å². The summed E-state index contributed by atoms with van der Waals surface area (Å²) in [5, 5.41) is 15.5. The first kappa shape index (κ1) is 15.9. The van der Waals surface area contributed by atoms with Crippen molar-refractivity contribution in [1.29, 1.82) is 0 Å². The SMILES string of the molecule is CCC(=O)CNC(=O)Cn1nc(C(=O)O)c2c1C(=O)CCC2. The lowest BCUT2D eigenvalue weighted by Crippen LogP contribution is -2.33. The molecular formula is C14H17N3O5. The van der Waals surface area contributed by atoms with Crippen LogP contribution < -0.4 is 5.32 Å². The van der Waals surface area contributed by atoms with E-state index in [9.17, 15) is 19.2 Å². The molecule has 0 aromatic carbocycles. The predicted octanol–water partition coefficient (Wildman–Crippen LogP) is 0.196. The molecule has 0 fully saturated rings. The van der Waals surface area contributed by atoms with Gasteiger partial charge in [-0.3, -0.25) is 19.1 Å². The number of amides is 1. The molecule has 1 aromatic rings. The molecule has 0 saturated carbocycles. The topological polar surface area (TPSA) is 118 Å². The van der Waals surface area contributed by atoms with E-state index in [0.29, 0.717) is 31.2 Å². The van der Waals surface area contributed by atoms with Crippen molar-refractivity contribution in [3.63, 3.8) is 0 Å². The lowest BCUT2D eigenvalue weighted by molar-refractivity contribution is -0.125. The molecule has 1 aliphatic rings. The summed E-state index contributed by atoms with van der Waals surface area (Å²) in [4.78, 5) is 46.2. The van der Waals surface area contributed by atoms with Crippen molar-refractivity contribution in [3.8, 4) is 0 Å². The molecule has 8 nitrogen and oxygen atoms in total. The molecule has 2 N–H and O–H groups in total. The van der Waals surface area contributed by atoms with Crippen molar-refractivity contribution >= 4 is 23.4 Å². The second-order valence-corrected chi connectivity index (χ2v) is 5.08. The van der Waals surface area contributed by atoms with Crippen molar-refractivity contribution in [3.05, 3.63) is 17.0 Å². The number of nitrogens with zero attached hydrogens (tertiary/aromatic N) is 2. The van der Waals surface area contributed by atoms with E-state index in [1.165, 1.54) is 0 Å². The number of nitrogens with one attached hydrogen (secondary N) is 1. The van der Waals surface area contributed by atoms with Crippen LogP contribution >= 0.6 is 0 Å². The molecule has 1 heterocycles. The summed E-state index contributed by atoms with van der Waals surface area (Å²) in [5.74, 6) is -2.02. The zero-order valence-electron chi connectivity index (χ0n) is 12.2. The van der Waals surface area contributed by atoms with E-state index in [4.69, 9.17) is 5.11 Å². The fourth-order valence-corrected chi connectivity index (χ4v) is 2.39. The summed E-state index contributed by atoms with van der Waals surface area (Å²) < 4.78 is 1.13. The molecule has 22 heavy (non-hydrogen) atoms. The third-order valence-corrected chi connectivity index (χ3v) is 3.52. The minimum absolute atomic E-state index is 0.0848. The third-order valence-electron chi connectivity index (χ3n) is 3.52. The van der Waals surface area contributed by atoms with E-state index in [1.807, 2.05) is 0 Å². The van der Waals surface area contributed by atoms with Gasteiger partial charge in [0.2, 0.25) is 5.91 Å². The highest BCUT2D eigenvalue weighted by molar-refractivity contribution is 6.00. The fourth-order valence-electron chi connectivity index (χ4n) is 2.39. The summed E-state index contributed by atoms with van der Waals surface area (Å²) in [5.41, 5.74) is 0.405. The number of aromatic carboxylic acids is 1. The molecule has 0 atom stereocenters. The first-order chi connectivity index (χ1) is 10.4. The van der Waals surface area contributed by atoms with Crippen molar-refractivity contribution in [2.75, 3.05) is 6.54 Å². The van der Waals surface area contributed by atoms with Gasteiger partial charge in [-0.25, -0.2) is 4.79 Å². The van der Waals surface area contributed by atoms with Crippen LogP contribution in [0.2, 0.25) is 0 Å². The van der Waals surface area contributed by atoms with Crippen LogP contribution in [0.5, 0.6) is 0 Å². The number of carbonyl (C=O) groups is 4. The van der Waals surface area contributed by atoms with Gasteiger partial charge < -0.3 is 10.4 Å². The Morgan fingerprint density at radius 2 is 2.05 bits per heavy atom. The minimum Gasteiger partial charge on any atom is -0.476 e. The number of carbonyl (C=O) groups excluding carboxylic acids is 3. The van der Waals surface area contributed by atoms with E-state index in [2.05, 4.69) is 10.4 Å². The molecule has 2 rings (SSSR count). The Bertz CT molecular complexity index is 647. The number of ketones is 2. The number of hydrogen-bond acceptors (Lipinski definition) is 5. The van der Waals surface area contributed by atoms with E-state index < -0.39 is 11.9 Å². The number of rotatable bonds is 6. The molecule has 0 saturated heterocycles. The molecule has 1 aliphatic carbocycles. The Kier molecular flexibility index (Phi) is 4.69. The molecule has 8 heteroatoms. The summed E-state index contributed by atoms with van der Waals surface area (Å²) in [7, 11) is 0. The van der Waals surface area contributed by atoms with Crippen molar-refractivity contribution in [1.82, 2.24) is 15.1 Å². The molecule has 0 aliphatic heterocycles. The van der Waals surface area contributed by atoms with Gasteiger partial charge in [0.1, 0.15) is 12.2 Å². The minimum atomic E-state index is -1.22. The van der Waals surface area contributed by atoms with E-state index in [0.717, 1.165) is 4.68 Å². The van der Waals surface area contributed by atoms with Gasteiger partial charge in [-0.15, -0.1) is 0 Å². The van der Waals surface area contributed by atoms with Gasteiger partial charge in [0.05, 0.1) is 6.54 Å². The Morgan fingerprint density at radius 3 is 2.68 bits per heavy atom. The molecule has 0 bridgehead atoms. The quantitative estimate of drug-likeness (QED) is 0.774. The number of Topliss-reactive ketones (excluding diaryl/α,β-unsaturated/α-hetero) is 2. The smallest absolute Gasteiger partial charge is 0.356 e. The predicted molar refractivity (Wildman–Crippen MR) is 74.8 cm³/mol. The van der Waals surface area contributed by atoms with Crippen molar-refractivity contribution in [2.24, 2.45) is 0 Å². The highest BCUT2D eigenvalue weighted by Crippen LogP contribution is 2.24. The second-order valence-electron chi connectivity index (χ2n) is 5.08. The van der Waals surface area contributed by atoms with E-state index in [-0.39, 0.29) is 36.0 Å². The molecule has 1 aromatic heterocycles. The Morgan fingerprint density at radius 1 is 1.32 bits per heavy atom. The van der Waals surface area contributed by atoms with Crippen molar-refractivity contribution in [2.45, 2.75) is 39.2 Å². The summed E-state index contributed by atoms with van der Waals surface area (Å²) in [6, 6.07) is 0. The molecule has 0 radical (unpaired) electrons. The van der Waals surface area contributed by atoms with Crippen LogP contribution in [0, 0.1) is 0 Å². The van der Waals surface area contributed by atoms with Crippen LogP contribution in [0.25, 0.3) is 0 Å². The maximum atomic E-state index is 12.0. The largest absolute Gasteiger partial charge is 0.476 e. The highest BCUT2D eigenvalue weighted by atomic mass is 16.4. The van der Waals surface area contributed by atoms with Crippen LogP contribution in [-0.2, 0) is 22.6 Å². The number of fused-ring (bicyclic) bond motifs is 1. The maximum absolute atomic E-state index is 12.0. The number of hydrogen-bond donors (Lipinski definition) is 2. The molecular weight excluding hydrogens is 290 g/mol. The fraction of sp³-hybridized carbons (Fsp3) is 0.500. The van der Waals surface area contributed by atoms with Crippen LogP contribution in [0.15, 0.2) is 0 Å². The van der Waals surface area contributed by atoms with Gasteiger partial charge in [-0.2, -0.15) is 5.10 Å². The molecule has 1 amide bonds. The molecule has 0 unspecified atom stereocenters. The Balaban J connectivity index is 2.20. The van der Waals surface area contributed by atoms with Gasteiger partial charge in [0.25, 0.3) is 0 Å². The lowest BCUT2D eigenvalue weighted by Gasteiger charge is -2.12.